The molecule has 2 N–H and O–H groups in total. The van der Waals surface area contributed by atoms with Gasteiger partial charge in [0.2, 0.25) is 0 Å². The van der Waals surface area contributed by atoms with Gasteiger partial charge < -0.3 is 10.6 Å². The van der Waals surface area contributed by atoms with Gasteiger partial charge in [0, 0.05) is 19.6 Å². The fraction of sp³-hybridized carbons (Fsp3) is 0.900. The third-order valence-electron chi connectivity index (χ3n) is 2.62. The third-order valence-corrected chi connectivity index (χ3v) is 2.62. The summed E-state index contributed by atoms with van der Waals surface area (Å²) < 4.78 is 35.7. The average molecular weight is 365 g/mol. The van der Waals surface area contributed by atoms with Gasteiger partial charge in [0.05, 0.1) is 6.42 Å². The first-order chi connectivity index (χ1) is 7.51. The second-order valence-electron chi connectivity index (χ2n) is 3.99. The first-order valence-electron chi connectivity index (χ1n) is 5.55. The highest BCUT2D eigenvalue weighted by molar-refractivity contribution is 14.0. The molecule has 0 saturated heterocycles. The third kappa shape index (κ3) is 7.67. The van der Waals surface area contributed by atoms with Crippen LogP contribution in [0, 0.1) is 0 Å². The van der Waals surface area contributed by atoms with Crippen LogP contribution in [-0.2, 0) is 0 Å². The molecule has 0 spiro atoms. The van der Waals surface area contributed by atoms with Crippen molar-refractivity contribution in [2.45, 2.75) is 44.3 Å². The maximum atomic E-state index is 11.9. The van der Waals surface area contributed by atoms with Gasteiger partial charge in [-0.3, -0.25) is 4.99 Å². The molecule has 0 aliphatic heterocycles. The van der Waals surface area contributed by atoms with Crippen LogP contribution >= 0.6 is 24.0 Å². The van der Waals surface area contributed by atoms with Gasteiger partial charge in [-0.15, -0.1) is 24.0 Å². The minimum atomic E-state index is -4.11. The number of rotatable bonds is 3. The Morgan fingerprint density at radius 2 is 1.88 bits per heavy atom. The Morgan fingerprint density at radius 3 is 2.35 bits per heavy atom. The maximum absolute atomic E-state index is 11.9. The lowest BCUT2D eigenvalue weighted by atomic mass is 10.2. The van der Waals surface area contributed by atoms with Crippen LogP contribution in [0.4, 0.5) is 13.2 Å². The van der Waals surface area contributed by atoms with Gasteiger partial charge in [0.1, 0.15) is 0 Å². The molecule has 0 atom stereocenters. The topological polar surface area (TPSA) is 36.4 Å². The highest BCUT2D eigenvalue weighted by Crippen LogP contribution is 2.18. The van der Waals surface area contributed by atoms with E-state index in [1.807, 2.05) is 0 Å². The molecule has 0 unspecified atom stereocenters. The normalized spacial score (nSPS) is 17.8. The van der Waals surface area contributed by atoms with E-state index in [1.165, 1.54) is 12.8 Å². The zero-order valence-electron chi connectivity index (χ0n) is 9.81. The SMILES string of the molecule is CN=C(NCCC(F)(F)F)NC1CCCC1.I. The number of aliphatic imine (C=N–C) groups is 1. The molecule has 1 aliphatic carbocycles. The van der Waals surface area contributed by atoms with Crippen LogP contribution in [-0.4, -0.2) is 31.8 Å². The fourth-order valence-corrected chi connectivity index (χ4v) is 1.78. The molecule has 3 nitrogen and oxygen atoms in total. The summed E-state index contributed by atoms with van der Waals surface area (Å²) in [7, 11) is 1.57. The molecule has 1 fully saturated rings. The molecule has 0 aromatic carbocycles. The Balaban J connectivity index is 0.00000256. The van der Waals surface area contributed by atoms with E-state index in [2.05, 4.69) is 15.6 Å². The lowest BCUT2D eigenvalue weighted by Gasteiger charge is -2.17. The first kappa shape index (κ1) is 16.8. The molecule has 1 rings (SSSR count). The molecule has 7 heteroatoms. The maximum Gasteiger partial charge on any atom is 0.390 e. The molecule has 0 aromatic heterocycles. The Labute approximate surface area is 117 Å². The number of hydrogen-bond donors (Lipinski definition) is 2. The number of halogens is 4. The summed E-state index contributed by atoms with van der Waals surface area (Å²) in [6.07, 6.45) is -0.452. The van der Waals surface area contributed by atoms with Gasteiger partial charge in [0.15, 0.2) is 5.96 Å². The van der Waals surface area contributed by atoms with Crippen LogP contribution in [0.3, 0.4) is 0 Å². The molecule has 0 heterocycles. The van der Waals surface area contributed by atoms with Gasteiger partial charge in [-0.25, -0.2) is 0 Å². The van der Waals surface area contributed by atoms with Crippen molar-refractivity contribution < 1.29 is 13.2 Å². The second kappa shape index (κ2) is 7.99. The number of guanidine groups is 1. The highest BCUT2D eigenvalue weighted by Gasteiger charge is 2.26. The summed E-state index contributed by atoms with van der Waals surface area (Å²) in [5, 5.41) is 5.80. The van der Waals surface area contributed by atoms with E-state index in [0.29, 0.717) is 12.0 Å². The van der Waals surface area contributed by atoms with Crippen molar-refractivity contribution in [3.63, 3.8) is 0 Å². The van der Waals surface area contributed by atoms with Gasteiger partial charge in [0.25, 0.3) is 0 Å². The lowest BCUT2D eigenvalue weighted by Crippen LogP contribution is -2.43. The summed E-state index contributed by atoms with van der Waals surface area (Å²) in [6, 6.07) is 0.358. The minimum Gasteiger partial charge on any atom is -0.356 e. The van der Waals surface area contributed by atoms with E-state index < -0.39 is 12.6 Å². The number of alkyl halides is 3. The smallest absolute Gasteiger partial charge is 0.356 e. The zero-order valence-corrected chi connectivity index (χ0v) is 12.1. The van der Waals surface area contributed by atoms with Gasteiger partial charge in [-0.2, -0.15) is 13.2 Å². The van der Waals surface area contributed by atoms with Crippen molar-refractivity contribution in [3.8, 4) is 0 Å². The number of hydrogen-bond acceptors (Lipinski definition) is 1. The summed E-state index contributed by atoms with van der Waals surface area (Å²) in [5.41, 5.74) is 0. The minimum absolute atomic E-state index is 0. The highest BCUT2D eigenvalue weighted by atomic mass is 127. The summed E-state index contributed by atoms with van der Waals surface area (Å²) >= 11 is 0. The van der Waals surface area contributed by atoms with Crippen molar-refractivity contribution in [2.75, 3.05) is 13.6 Å². The molecule has 0 aromatic rings. The largest absolute Gasteiger partial charge is 0.390 e. The Kier molecular flexibility index (Phi) is 7.89. The quantitative estimate of drug-likeness (QED) is 0.458. The monoisotopic (exact) mass is 365 g/mol. The molecule has 0 bridgehead atoms. The molecule has 1 aliphatic rings. The van der Waals surface area contributed by atoms with Crippen LogP contribution in [0.25, 0.3) is 0 Å². The van der Waals surface area contributed by atoms with Crippen molar-refractivity contribution in [1.82, 2.24) is 10.6 Å². The van der Waals surface area contributed by atoms with E-state index >= 15 is 0 Å². The number of nitrogens with zero attached hydrogens (tertiary/aromatic N) is 1. The average Bonchev–Trinajstić information content (AvgIpc) is 2.67. The van der Waals surface area contributed by atoms with E-state index in [1.54, 1.807) is 7.05 Å². The summed E-state index contributed by atoms with van der Waals surface area (Å²) in [4.78, 5) is 3.90. The molecule has 0 radical (unpaired) electrons. The Morgan fingerprint density at radius 1 is 1.29 bits per heavy atom. The van der Waals surface area contributed by atoms with Crippen molar-refractivity contribution in [2.24, 2.45) is 4.99 Å². The summed E-state index contributed by atoms with van der Waals surface area (Å²) in [6.45, 7) is -0.129. The standard InChI is InChI=1S/C10H18F3N3.HI/c1-14-9(15-7-6-10(11,12)13)16-8-4-2-3-5-8;/h8H,2-7H2,1H3,(H2,14,15,16);1H. The zero-order chi connectivity index (χ0) is 12.0. The Bertz CT molecular complexity index is 237. The molecule has 17 heavy (non-hydrogen) atoms. The first-order valence-corrected chi connectivity index (χ1v) is 5.55. The fourth-order valence-electron chi connectivity index (χ4n) is 1.78. The van der Waals surface area contributed by atoms with Crippen molar-refractivity contribution in [3.05, 3.63) is 0 Å². The van der Waals surface area contributed by atoms with Crippen LogP contribution in [0.2, 0.25) is 0 Å². The molecule has 1 saturated carbocycles. The van der Waals surface area contributed by atoms with Crippen molar-refractivity contribution in [1.29, 1.82) is 0 Å². The van der Waals surface area contributed by atoms with Gasteiger partial charge >= 0.3 is 6.18 Å². The molecular formula is C10H19F3IN3. The van der Waals surface area contributed by atoms with Crippen LogP contribution in [0.1, 0.15) is 32.1 Å². The second-order valence-corrected chi connectivity index (χ2v) is 3.99. The van der Waals surface area contributed by atoms with E-state index in [4.69, 9.17) is 0 Å². The van der Waals surface area contributed by atoms with Gasteiger partial charge in [-0.1, -0.05) is 12.8 Å². The Hall–Kier alpha value is -0.210. The van der Waals surface area contributed by atoms with Crippen LogP contribution in [0.5, 0.6) is 0 Å². The summed E-state index contributed by atoms with van der Waals surface area (Å²) in [5.74, 6) is 0.469. The predicted octanol–water partition coefficient (Wildman–Crippen LogP) is 2.66. The molecule has 102 valence electrons. The van der Waals surface area contributed by atoms with E-state index in [0.717, 1.165) is 12.8 Å². The molecular weight excluding hydrogens is 346 g/mol. The van der Waals surface area contributed by atoms with E-state index in [9.17, 15) is 13.2 Å². The van der Waals surface area contributed by atoms with Crippen LogP contribution < -0.4 is 10.6 Å². The lowest BCUT2D eigenvalue weighted by molar-refractivity contribution is -0.132. The number of nitrogens with one attached hydrogen (secondary N) is 2. The van der Waals surface area contributed by atoms with E-state index in [-0.39, 0.29) is 30.5 Å². The van der Waals surface area contributed by atoms with Crippen molar-refractivity contribution >= 4 is 29.9 Å². The molecule has 0 amide bonds. The predicted molar refractivity (Wildman–Crippen MR) is 72.8 cm³/mol. The van der Waals surface area contributed by atoms with Crippen LogP contribution in [0.15, 0.2) is 4.99 Å². The van der Waals surface area contributed by atoms with Gasteiger partial charge in [-0.05, 0) is 12.8 Å².